The Morgan fingerprint density at radius 2 is 1.91 bits per heavy atom. The first-order valence-corrected chi connectivity index (χ1v) is 11.3. The first-order valence-electron chi connectivity index (χ1n) is 11.3. The lowest BCUT2D eigenvalue weighted by atomic mass is 9.84. The van der Waals surface area contributed by atoms with Gasteiger partial charge >= 0.3 is 0 Å². The topological polar surface area (TPSA) is 74.5 Å². The summed E-state index contributed by atoms with van der Waals surface area (Å²) >= 11 is 0. The smallest absolute Gasteiger partial charge is 0.230 e. The zero-order valence-corrected chi connectivity index (χ0v) is 21.8. The van der Waals surface area contributed by atoms with E-state index in [2.05, 4.69) is 44.5 Å². The second kappa shape index (κ2) is 12.8. The van der Waals surface area contributed by atoms with Crippen molar-refractivity contribution in [3.8, 4) is 0 Å². The summed E-state index contributed by atoms with van der Waals surface area (Å²) in [5.41, 5.74) is 0.987. The lowest BCUT2D eigenvalue weighted by Crippen LogP contribution is -2.49. The molecule has 1 aliphatic carbocycles. The summed E-state index contributed by atoms with van der Waals surface area (Å²) in [5.74, 6) is 1.89. The van der Waals surface area contributed by atoms with Crippen molar-refractivity contribution in [3.05, 3.63) is 54.1 Å². The molecule has 0 atom stereocenters. The molecule has 1 aromatic carbocycles. The van der Waals surface area contributed by atoms with Gasteiger partial charge in [-0.05, 0) is 31.7 Å². The molecule has 7 nitrogen and oxygen atoms in total. The molecule has 1 fully saturated rings. The molecule has 0 unspecified atom stereocenters. The minimum absolute atomic E-state index is 0. The number of aliphatic imine (C=N–C) groups is 1. The molecule has 2 N–H and O–H groups in total. The fourth-order valence-corrected chi connectivity index (χ4v) is 4.33. The van der Waals surface area contributed by atoms with E-state index in [1.54, 1.807) is 4.90 Å². The highest BCUT2D eigenvalue weighted by Gasteiger charge is 2.42. The number of halogens is 1. The van der Waals surface area contributed by atoms with Crippen LogP contribution in [0.3, 0.4) is 0 Å². The summed E-state index contributed by atoms with van der Waals surface area (Å²) in [6, 6.07) is 10.5. The van der Waals surface area contributed by atoms with Crippen molar-refractivity contribution in [1.29, 1.82) is 0 Å². The first kappa shape index (κ1) is 26.2. The lowest BCUT2D eigenvalue weighted by Gasteiger charge is -2.31. The summed E-state index contributed by atoms with van der Waals surface area (Å²) in [6.45, 7) is 4.79. The molecule has 32 heavy (non-hydrogen) atoms. The number of nitrogens with one attached hydrogen (secondary N) is 2. The van der Waals surface area contributed by atoms with Crippen LogP contribution in [0.25, 0.3) is 0 Å². The maximum Gasteiger partial charge on any atom is 0.230 e. The highest BCUT2D eigenvalue weighted by molar-refractivity contribution is 14.0. The van der Waals surface area contributed by atoms with Gasteiger partial charge in [-0.1, -0.05) is 43.2 Å². The number of carbonyl (C=O) groups is 1. The van der Waals surface area contributed by atoms with Crippen molar-refractivity contribution >= 4 is 35.8 Å². The Balaban J connectivity index is 0.00000363. The van der Waals surface area contributed by atoms with Crippen LogP contribution in [0.2, 0.25) is 0 Å². The number of benzene rings is 1. The number of nitrogens with zero attached hydrogens (tertiary/aromatic N) is 4. The second-order valence-corrected chi connectivity index (χ2v) is 8.51. The average Bonchev–Trinajstić information content (AvgIpc) is 3.44. The van der Waals surface area contributed by atoms with Crippen molar-refractivity contribution < 1.29 is 4.79 Å². The highest BCUT2D eigenvalue weighted by atomic mass is 127. The summed E-state index contributed by atoms with van der Waals surface area (Å²) < 4.78 is 2.16. The number of aryl methyl sites for hydroxylation is 2. The van der Waals surface area contributed by atoms with Gasteiger partial charge in [0.2, 0.25) is 5.91 Å². The zero-order chi connectivity index (χ0) is 22.1. The Labute approximate surface area is 209 Å². The van der Waals surface area contributed by atoms with Crippen LogP contribution >= 0.6 is 24.0 Å². The molecule has 0 aliphatic heterocycles. The number of hydrogen-bond acceptors (Lipinski definition) is 3. The van der Waals surface area contributed by atoms with E-state index < -0.39 is 0 Å². The van der Waals surface area contributed by atoms with E-state index in [1.165, 1.54) is 5.56 Å². The van der Waals surface area contributed by atoms with Gasteiger partial charge in [0.05, 0.1) is 5.41 Å². The van der Waals surface area contributed by atoms with Crippen LogP contribution in [0.15, 0.2) is 47.7 Å². The van der Waals surface area contributed by atoms with E-state index in [0.29, 0.717) is 13.1 Å². The quantitative estimate of drug-likeness (QED) is 0.284. The van der Waals surface area contributed by atoms with Crippen LogP contribution in [-0.2, 0) is 24.3 Å². The number of guanidine groups is 1. The number of hydrogen-bond donors (Lipinski definition) is 2. The zero-order valence-electron chi connectivity index (χ0n) is 19.5. The molecule has 1 heterocycles. The van der Waals surface area contributed by atoms with Crippen LogP contribution in [0.4, 0.5) is 0 Å². The SMILES string of the molecule is CCNC(=NCc1nccn1CCc1ccccc1)NCC1(C(=O)N(C)C)CCCC1.I. The van der Waals surface area contributed by atoms with E-state index >= 15 is 0 Å². The molecule has 0 radical (unpaired) electrons. The van der Waals surface area contributed by atoms with Crippen LogP contribution in [0, 0.1) is 5.41 Å². The Morgan fingerprint density at radius 1 is 1.19 bits per heavy atom. The molecule has 1 aromatic heterocycles. The summed E-state index contributed by atoms with van der Waals surface area (Å²) in [6.07, 6.45) is 8.88. The molecular weight excluding hydrogens is 515 g/mol. The highest BCUT2D eigenvalue weighted by Crippen LogP contribution is 2.38. The third-order valence-electron chi connectivity index (χ3n) is 6.02. The predicted octanol–water partition coefficient (Wildman–Crippen LogP) is 3.45. The molecule has 0 spiro atoms. The number of amides is 1. The Morgan fingerprint density at radius 3 is 2.56 bits per heavy atom. The van der Waals surface area contributed by atoms with E-state index in [-0.39, 0.29) is 35.3 Å². The third kappa shape index (κ3) is 6.95. The van der Waals surface area contributed by atoms with Gasteiger partial charge in [-0.3, -0.25) is 4.79 Å². The molecule has 0 saturated heterocycles. The third-order valence-corrected chi connectivity index (χ3v) is 6.02. The molecule has 176 valence electrons. The molecule has 3 rings (SSSR count). The van der Waals surface area contributed by atoms with Gasteiger partial charge in [0.15, 0.2) is 5.96 Å². The largest absolute Gasteiger partial charge is 0.357 e. The average molecular weight is 553 g/mol. The van der Waals surface area contributed by atoms with Crippen LogP contribution in [0.1, 0.15) is 44.0 Å². The van der Waals surface area contributed by atoms with Crippen molar-refractivity contribution in [3.63, 3.8) is 0 Å². The standard InChI is InChI=1S/C24H36N6O.HI/c1-4-25-23(28-19-24(13-8-9-14-24)22(31)29(2)3)27-18-21-26-15-17-30(21)16-12-20-10-6-5-7-11-20;/h5-7,10-11,15,17H,4,8-9,12-14,16,18-19H2,1-3H3,(H2,25,27,28);1H. The van der Waals surface area contributed by atoms with E-state index in [0.717, 1.165) is 57.0 Å². The molecule has 1 aliphatic rings. The van der Waals surface area contributed by atoms with Crippen molar-refractivity contribution in [2.24, 2.45) is 10.4 Å². The summed E-state index contributed by atoms with van der Waals surface area (Å²) in [5, 5.41) is 6.74. The Kier molecular flexibility index (Phi) is 10.5. The van der Waals surface area contributed by atoms with Crippen LogP contribution in [0.5, 0.6) is 0 Å². The number of imidazole rings is 1. The summed E-state index contributed by atoms with van der Waals surface area (Å²) in [7, 11) is 3.69. The van der Waals surface area contributed by atoms with Crippen LogP contribution < -0.4 is 10.6 Å². The van der Waals surface area contributed by atoms with Crippen LogP contribution in [-0.4, -0.2) is 53.5 Å². The van der Waals surface area contributed by atoms with Crippen molar-refractivity contribution in [1.82, 2.24) is 25.1 Å². The Hall–Kier alpha value is -2.10. The summed E-state index contributed by atoms with van der Waals surface area (Å²) in [4.78, 5) is 23.8. The van der Waals surface area contributed by atoms with E-state index in [1.807, 2.05) is 39.5 Å². The number of aromatic nitrogens is 2. The maximum atomic E-state index is 12.8. The monoisotopic (exact) mass is 552 g/mol. The number of rotatable bonds is 9. The normalized spacial score (nSPS) is 15.2. The van der Waals surface area contributed by atoms with Gasteiger partial charge in [-0.2, -0.15) is 0 Å². The molecular formula is C24H37IN6O. The van der Waals surface area contributed by atoms with Gasteiger partial charge in [-0.15, -0.1) is 24.0 Å². The van der Waals surface area contributed by atoms with Crippen molar-refractivity contribution in [2.75, 3.05) is 27.2 Å². The maximum absolute atomic E-state index is 12.8. The van der Waals surface area contributed by atoms with Gasteiger partial charge < -0.3 is 20.1 Å². The van der Waals surface area contributed by atoms with E-state index in [9.17, 15) is 4.79 Å². The molecule has 2 aromatic rings. The molecule has 8 heteroatoms. The Bertz CT molecular complexity index is 858. The van der Waals surface area contributed by atoms with Gasteiger partial charge in [0.25, 0.3) is 0 Å². The molecule has 1 amide bonds. The fourth-order valence-electron chi connectivity index (χ4n) is 4.33. The molecule has 0 bridgehead atoms. The first-order chi connectivity index (χ1) is 15.0. The fraction of sp³-hybridized carbons (Fsp3) is 0.542. The van der Waals surface area contributed by atoms with Gasteiger partial charge in [0.1, 0.15) is 12.4 Å². The lowest BCUT2D eigenvalue weighted by molar-refractivity contribution is -0.138. The van der Waals surface area contributed by atoms with Crippen molar-refractivity contribution in [2.45, 2.75) is 52.1 Å². The second-order valence-electron chi connectivity index (χ2n) is 8.51. The minimum atomic E-state index is -0.326. The minimum Gasteiger partial charge on any atom is -0.357 e. The van der Waals surface area contributed by atoms with E-state index in [4.69, 9.17) is 4.99 Å². The van der Waals surface area contributed by atoms with Gasteiger partial charge in [0, 0.05) is 46.1 Å². The molecule has 1 saturated carbocycles. The predicted molar refractivity (Wildman–Crippen MR) is 140 cm³/mol. The number of carbonyl (C=O) groups excluding carboxylic acids is 1. The van der Waals surface area contributed by atoms with Gasteiger partial charge in [-0.25, -0.2) is 9.98 Å².